The lowest BCUT2D eigenvalue weighted by Crippen LogP contribution is -2.40. The Bertz CT molecular complexity index is 514. The summed E-state index contributed by atoms with van der Waals surface area (Å²) in [6.07, 6.45) is 0.840. The van der Waals surface area contributed by atoms with Crippen LogP contribution in [0.25, 0.3) is 0 Å². The highest BCUT2D eigenvalue weighted by Gasteiger charge is 2.20. The molecule has 0 bridgehead atoms. The summed E-state index contributed by atoms with van der Waals surface area (Å²) in [4.78, 5) is 24.0. The fourth-order valence-electron chi connectivity index (χ4n) is 1.89. The summed E-state index contributed by atoms with van der Waals surface area (Å²) >= 11 is 0. The summed E-state index contributed by atoms with van der Waals surface area (Å²) in [5.41, 5.74) is 7.97. The van der Waals surface area contributed by atoms with Gasteiger partial charge in [0.1, 0.15) is 0 Å². The quantitative estimate of drug-likeness (QED) is 0.750. The number of nitrogens with two attached hydrogens (primary N) is 1. The van der Waals surface area contributed by atoms with Crippen molar-refractivity contribution in [3.8, 4) is 0 Å². The first-order chi connectivity index (χ1) is 9.90. The highest BCUT2D eigenvalue weighted by atomic mass is 16.2. The molecule has 21 heavy (non-hydrogen) atoms. The van der Waals surface area contributed by atoms with Crippen molar-refractivity contribution >= 4 is 17.5 Å². The molecular weight excluding hydrogens is 266 g/mol. The molecule has 0 aliphatic rings. The average molecular weight is 291 g/mol. The van der Waals surface area contributed by atoms with Crippen molar-refractivity contribution in [2.24, 2.45) is 11.7 Å². The number of benzene rings is 1. The minimum absolute atomic E-state index is 0.108. The van der Waals surface area contributed by atoms with Gasteiger partial charge < -0.3 is 16.4 Å². The van der Waals surface area contributed by atoms with Gasteiger partial charge in [-0.2, -0.15) is 0 Å². The SMILES string of the molecule is CCNC(=O)c1ccc(C)c(NC(=O)[C@@H](N)C(C)CC)c1. The molecule has 1 unspecified atom stereocenters. The Morgan fingerprint density at radius 1 is 1.29 bits per heavy atom. The Labute approximate surface area is 126 Å². The Balaban J connectivity index is 2.90. The van der Waals surface area contributed by atoms with Gasteiger partial charge in [-0.15, -0.1) is 0 Å². The van der Waals surface area contributed by atoms with Gasteiger partial charge >= 0.3 is 0 Å². The summed E-state index contributed by atoms with van der Waals surface area (Å²) in [5.74, 6) is -0.267. The van der Waals surface area contributed by atoms with Crippen LogP contribution in [0.3, 0.4) is 0 Å². The molecule has 116 valence electrons. The van der Waals surface area contributed by atoms with Gasteiger partial charge in [0.15, 0.2) is 0 Å². The zero-order valence-corrected chi connectivity index (χ0v) is 13.2. The molecule has 2 amide bonds. The predicted molar refractivity (Wildman–Crippen MR) is 85.2 cm³/mol. The van der Waals surface area contributed by atoms with Crippen LogP contribution < -0.4 is 16.4 Å². The van der Waals surface area contributed by atoms with Crippen molar-refractivity contribution in [2.45, 2.75) is 40.2 Å². The van der Waals surface area contributed by atoms with Gasteiger partial charge in [0, 0.05) is 17.8 Å². The third-order valence-electron chi connectivity index (χ3n) is 3.65. The van der Waals surface area contributed by atoms with Crippen molar-refractivity contribution in [2.75, 3.05) is 11.9 Å². The normalized spacial score (nSPS) is 13.4. The number of nitrogens with one attached hydrogen (secondary N) is 2. The summed E-state index contributed by atoms with van der Waals surface area (Å²) in [5, 5.41) is 5.55. The van der Waals surface area contributed by atoms with Crippen LogP contribution in [0.15, 0.2) is 18.2 Å². The van der Waals surface area contributed by atoms with E-state index in [9.17, 15) is 9.59 Å². The molecule has 1 rings (SSSR count). The van der Waals surface area contributed by atoms with Crippen LogP contribution in [0.5, 0.6) is 0 Å². The van der Waals surface area contributed by atoms with E-state index in [0.29, 0.717) is 17.8 Å². The Kier molecular flexibility index (Phi) is 6.37. The van der Waals surface area contributed by atoms with E-state index in [4.69, 9.17) is 5.73 Å². The lowest BCUT2D eigenvalue weighted by atomic mass is 9.99. The fraction of sp³-hybridized carbons (Fsp3) is 0.500. The lowest BCUT2D eigenvalue weighted by Gasteiger charge is -2.19. The third kappa shape index (κ3) is 4.56. The van der Waals surface area contributed by atoms with E-state index in [1.54, 1.807) is 12.1 Å². The molecular formula is C16H25N3O2. The number of rotatable bonds is 6. The first kappa shape index (κ1) is 17.2. The third-order valence-corrected chi connectivity index (χ3v) is 3.65. The lowest BCUT2D eigenvalue weighted by molar-refractivity contribution is -0.118. The summed E-state index contributed by atoms with van der Waals surface area (Å²) in [6.45, 7) is 8.25. The van der Waals surface area contributed by atoms with E-state index < -0.39 is 6.04 Å². The van der Waals surface area contributed by atoms with Crippen molar-refractivity contribution in [3.05, 3.63) is 29.3 Å². The number of aryl methyl sites for hydroxylation is 1. The monoisotopic (exact) mass is 291 g/mol. The van der Waals surface area contributed by atoms with E-state index in [0.717, 1.165) is 12.0 Å². The second-order valence-electron chi connectivity index (χ2n) is 5.29. The largest absolute Gasteiger partial charge is 0.352 e. The molecule has 0 saturated heterocycles. The van der Waals surface area contributed by atoms with Gasteiger partial charge in [0.2, 0.25) is 5.91 Å². The highest BCUT2D eigenvalue weighted by molar-refractivity contribution is 5.99. The number of amides is 2. The molecule has 0 aliphatic carbocycles. The molecule has 5 nitrogen and oxygen atoms in total. The van der Waals surface area contributed by atoms with Crippen molar-refractivity contribution in [3.63, 3.8) is 0 Å². The molecule has 5 heteroatoms. The summed E-state index contributed by atoms with van der Waals surface area (Å²) < 4.78 is 0. The van der Waals surface area contributed by atoms with Crippen molar-refractivity contribution < 1.29 is 9.59 Å². The average Bonchev–Trinajstić information content (AvgIpc) is 2.47. The van der Waals surface area contributed by atoms with E-state index in [-0.39, 0.29) is 17.7 Å². The minimum Gasteiger partial charge on any atom is -0.352 e. The maximum atomic E-state index is 12.1. The van der Waals surface area contributed by atoms with Crippen molar-refractivity contribution in [1.29, 1.82) is 0 Å². The number of anilines is 1. The summed E-state index contributed by atoms with van der Waals surface area (Å²) in [7, 11) is 0. The van der Waals surface area contributed by atoms with Crippen LogP contribution in [-0.4, -0.2) is 24.4 Å². The minimum atomic E-state index is -0.553. The zero-order chi connectivity index (χ0) is 16.0. The van der Waals surface area contributed by atoms with Gasteiger partial charge in [-0.05, 0) is 37.5 Å². The van der Waals surface area contributed by atoms with E-state index >= 15 is 0 Å². The van der Waals surface area contributed by atoms with Crippen LogP contribution in [0.2, 0.25) is 0 Å². The molecule has 0 aromatic heterocycles. The number of carbonyl (C=O) groups is 2. The van der Waals surface area contributed by atoms with Gasteiger partial charge in [-0.3, -0.25) is 9.59 Å². The standard InChI is InChI=1S/C16H25N3O2/c1-5-10(3)14(17)16(21)19-13-9-12(8-7-11(13)4)15(20)18-6-2/h7-10,14H,5-6,17H2,1-4H3,(H,18,20)(H,19,21)/t10?,14-/m0/s1. The molecule has 0 radical (unpaired) electrons. The van der Waals surface area contributed by atoms with Gasteiger partial charge in [0.05, 0.1) is 6.04 Å². The maximum absolute atomic E-state index is 12.1. The highest BCUT2D eigenvalue weighted by Crippen LogP contribution is 2.18. The number of hydrogen-bond acceptors (Lipinski definition) is 3. The predicted octanol–water partition coefficient (Wildman–Crippen LogP) is 2.06. The van der Waals surface area contributed by atoms with E-state index in [1.165, 1.54) is 0 Å². The van der Waals surface area contributed by atoms with Gasteiger partial charge in [-0.25, -0.2) is 0 Å². The maximum Gasteiger partial charge on any atom is 0.251 e. The molecule has 0 saturated carbocycles. The van der Waals surface area contributed by atoms with Crippen LogP contribution in [0.4, 0.5) is 5.69 Å². The molecule has 0 aliphatic heterocycles. The molecule has 1 aromatic rings. The van der Waals surface area contributed by atoms with E-state index in [2.05, 4.69) is 10.6 Å². The zero-order valence-electron chi connectivity index (χ0n) is 13.2. The first-order valence-electron chi connectivity index (χ1n) is 7.35. The molecule has 0 fully saturated rings. The van der Waals surface area contributed by atoms with Crippen LogP contribution in [0, 0.1) is 12.8 Å². The van der Waals surface area contributed by atoms with Crippen LogP contribution in [0.1, 0.15) is 43.1 Å². The smallest absolute Gasteiger partial charge is 0.251 e. The van der Waals surface area contributed by atoms with Gasteiger partial charge in [0.25, 0.3) is 5.91 Å². The van der Waals surface area contributed by atoms with E-state index in [1.807, 2.05) is 33.8 Å². The Hall–Kier alpha value is -1.88. The second kappa shape index (κ2) is 7.78. The Morgan fingerprint density at radius 2 is 1.95 bits per heavy atom. The Morgan fingerprint density at radius 3 is 2.52 bits per heavy atom. The van der Waals surface area contributed by atoms with Gasteiger partial charge in [-0.1, -0.05) is 26.3 Å². The molecule has 0 spiro atoms. The van der Waals surface area contributed by atoms with Crippen LogP contribution in [-0.2, 0) is 4.79 Å². The van der Waals surface area contributed by atoms with Crippen molar-refractivity contribution in [1.82, 2.24) is 5.32 Å². The summed E-state index contributed by atoms with van der Waals surface area (Å²) in [6, 6.07) is 4.68. The molecule has 2 atom stereocenters. The number of carbonyl (C=O) groups excluding carboxylic acids is 2. The fourth-order valence-corrected chi connectivity index (χ4v) is 1.89. The molecule has 4 N–H and O–H groups in total. The first-order valence-corrected chi connectivity index (χ1v) is 7.35. The molecule has 1 aromatic carbocycles. The topological polar surface area (TPSA) is 84.2 Å². The second-order valence-corrected chi connectivity index (χ2v) is 5.29. The number of hydrogen-bond donors (Lipinski definition) is 3. The van der Waals surface area contributed by atoms with Crippen LogP contribution >= 0.6 is 0 Å². The molecule has 0 heterocycles.